The number of nitrogens with zero attached hydrogens (tertiary/aromatic N) is 2. The van der Waals surface area contributed by atoms with Crippen molar-refractivity contribution in [2.45, 2.75) is 36.9 Å². The number of fused-ring (bicyclic) bond motifs is 5. The largest absolute Gasteiger partial charge is 0.741 e. The zero-order chi connectivity index (χ0) is 16.1. The Balaban J connectivity index is 0.000000157. The van der Waals surface area contributed by atoms with Crippen molar-refractivity contribution in [2.75, 3.05) is 5.01 Å². The fourth-order valence-electron chi connectivity index (χ4n) is 3.77. The van der Waals surface area contributed by atoms with E-state index in [4.69, 9.17) is 13.0 Å². The summed E-state index contributed by atoms with van der Waals surface area (Å²) in [6, 6.07) is 8.11. The maximum absolute atomic E-state index is 10.7. The highest BCUT2D eigenvalue weighted by molar-refractivity contribution is 7.86. The van der Waals surface area contributed by atoms with Gasteiger partial charge in [0, 0.05) is 12.1 Å². The van der Waals surface area contributed by atoms with Gasteiger partial charge in [-0.25, -0.2) is 8.42 Å². The molecule has 4 rings (SSSR count). The molecule has 1 aromatic rings. The SMILES string of the molecule is O=S(=O)([O-])C(F)(F)F.c1cc[n+](N2C3C4CCC(C4)C32)cc1. The van der Waals surface area contributed by atoms with Gasteiger partial charge in [0.1, 0.15) is 12.1 Å². The van der Waals surface area contributed by atoms with Gasteiger partial charge in [-0.2, -0.15) is 18.2 Å². The highest BCUT2D eigenvalue weighted by Crippen LogP contribution is 2.55. The van der Waals surface area contributed by atoms with Gasteiger partial charge in [-0.1, -0.05) is 10.7 Å². The molecule has 2 heterocycles. The molecule has 9 heteroatoms. The van der Waals surface area contributed by atoms with E-state index < -0.39 is 15.6 Å². The Kier molecular flexibility index (Phi) is 3.59. The van der Waals surface area contributed by atoms with Gasteiger partial charge in [-0.05, 0) is 31.1 Å². The van der Waals surface area contributed by atoms with Crippen LogP contribution in [0.15, 0.2) is 30.6 Å². The van der Waals surface area contributed by atoms with Gasteiger partial charge in [0.05, 0.1) is 0 Å². The number of halogens is 3. The third-order valence-electron chi connectivity index (χ3n) is 4.60. The van der Waals surface area contributed by atoms with Gasteiger partial charge in [-0.3, -0.25) is 0 Å². The number of hydrogen-bond acceptors (Lipinski definition) is 4. The van der Waals surface area contributed by atoms with E-state index in [9.17, 15) is 13.2 Å². The van der Waals surface area contributed by atoms with Crippen molar-refractivity contribution >= 4 is 10.1 Å². The van der Waals surface area contributed by atoms with E-state index in [0.717, 1.165) is 23.9 Å². The Hall–Kier alpha value is -1.35. The molecule has 4 unspecified atom stereocenters. The second kappa shape index (κ2) is 5.09. The highest BCUT2D eigenvalue weighted by atomic mass is 32.2. The molecule has 0 radical (unpaired) electrons. The third kappa shape index (κ3) is 2.67. The lowest BCUT2D eigenvalue weighted by molar-refractivity contribution is -0.680. The molecule has 2 saturated carbocycles. The first-order valence-corrected chi connectivity index (χ1v) is 8.38. The van der Waals surface area contributed by atoms with Crippen LogP contribution in [-0.2, 0) is 10.1 Å². The van der Waals surface area contributed by atoms with E-state index in [1.165, 1.54) is 19.3 Å². The van der Waals surface area contributed by atoms with Crippen LogP contribution in [-0.4, -0.2) is 30.6 Å². The van der Waals surface area contributed by atoms with Crippen molar-refractivity contribution in [3.8, 4) is 0 Å². The van der Waals surface area contributed by atoms with Gasteiger partial charge < -0.3 is 4.55 Å². The molecule has 3 aliphatic rings. The lowest BCUT2D eigenvalue weighted by atomic mass is 10.0. The molecule has 4 atom stereocenters. The van der Waals surface area contributed by atoms with Crippen molar-refractivity contribution < 1.29 is 30.8 Å². The molecule has 1 aliphatic heterocycles. The minimum Gasteiger partial charge on any atom is -0.741 e. The molecule has 5 nitrogen and oxygen atoms in total. The van der Waals surface area contributed by atoms with Gasteiger partial charge in [-0.15, -0.1) is 0 Å². The zero-order valence-corrected chi connectivity index (χ0v) is 12.3. The summed E-state index contributed by atoms with van der Waals surface area (Å²) in [5.74, 6) is 2.02. The first-order valence-electron chi connectivity index (χ1n) is 6.97. The standard InChI is InChI=1S/C12H15N2.CHF3O3S/c1-2-6-13(7-3-1)14-11-9-4-5-10(8-9)12(11)14;2-1(3,4)8(5,6)7/h1-3,6-7,9-12H,4-5,8H2;(H,5,6,7)/q+1;/p-1. The van der Waals surface area contributed by atoms with Crippen molar-refractivity contribution in [3.63, 3.8) is 0 Å². The first kappa shape index (κ1) is 15.5. The quantitative estimate of drug-likeness (QED) is 0.334. The molecule has 3 fully saturated rings. The fourth-order valence-corrected chi connectivity index (χ4v) is 3.77. The predicted molar refractivity (Wildman–Crippen MR) is 69.0 cm³/mol. The Bertz CT molecular complexity index is 634. The number of rotatable bonds is 1. The second-order valence-electron chi connectivity index (χ2n) is 5.85. The topological polar surface area (TPSA) is 64.1 Å². The summed E-state index contributed by atoms with van der Waals surface area (Å²) >= 11 is 0. The maximum Gasteiger partial charge on any atom is 0.485 e. The van der Waals surface area contributed by atoms with Crippen LogP contribution in [0, 0.1) is 11.8 Å². The molecule has 0 amide bonds. The Labute approximate surface area is 126 Å². The predicted octanol–water partition coefficient (Wildman–Crippen LogP) is 1.14. The number of aromatic nitrogens is 1. The Morgan fingerprint density at radius 3 is 1.91 bits per heavy atom. The minimum absolute atomic E-state index is 0.890. The number of alkyl halides is 3. The third-order valence-corrected chi connectivity index (χ3v) is 5.17. The van der Waals surface area contributed by atoms with Crippen LogP contribution < -0.4 is 9.69 Å². The lowest BCUT2D eigenvalue weighted by Gasteiger charge is -2.08. The van der Waals surface area contributed by atoms with Gasteiger partial charge in [0.2, 0.25) is 0 Å². The van der Waals surface area contributed by atoms with E-state index >= 15 is 0 Å². The van der Waals surface area contributed by atoms with Crippen LogP contribution in [0.5, 0.6) is 0 Å². The van der Waals surface area contributed by atoms with Crippen molar-refractivity contribution in [1.29, 1.82) is 0 Å². The average molecular weight is 336 g/mol. The van der Waals surface area contributed by atoms with Crippen molar-refractivity contribution in [1.82, 2.24) is 0 Å². The molecule has 2 bridgehead atoms. The molecule has 0 N–H and O–H groups in total. The van der Waals surface area contributed by atoms with Gasteiger partial charge in [0.15, 0.2) is 22.5 Å². The molecular formula is C13H15F3N2O3S. The summed E-state index contributed by atoms with van der Waals surface area (Å²) in [5.41, 5.74) is -5.65. The Morgan fingerprint density at radius 2 is 1.50 bits per heavy atom. The normalized spacial score (nSPS) is 32.3. The zero-order valence-electron chi connectivity index (χ0n) is 11.5. The molecule has 1 saturated heterocycles. The van der Waals surface area contributed by atoms with E-state index in [1.807, 2.05) is 0 Å². The minimum atomic E-state index is -6.09. The lowest BCUT2D eigenvalue weighted by Crippen LogP contribution is -2.48. The van der Waals surface area contributed by atoms with Crippen LogP contribution >= 0.6 is 0 Å². The number of pyridine rings is 1. The first-order chi connectivity index (χ1) is 10.2. The van der Waals surface area contributed by atoms with E-state index in [-0.39, 0.29) is 0 Å². The summed E-state index contributed by atoms with van der Waals surface area (Å²) in [7, 11) is -6.09. The van der Waals surface area contributed by atoms with Crippen molar-refractivity contribution in [2.24, 2.45) is 11.8 Å². The summed E-state index contributed by atoms with van der Waals surface area (Å²) in [5, 5.41) is 2.58. The van der Waals surface area contributed by atoms with Crippen molar-refractivity contribution in [3.05, 3.63) is 30.6 Å². The molecule has 0 aromatic carbocycles. The molecule has 22 heavy (non-hydrogen) atoms. The summed E-state index contributed by atoms with van der Waals surface area (Å²) < 4.78 is 61.2. The van der Waals surface area contributed by atoms with Gasteiger partial charge in [0.25, 0.3) is 0 Å². The van der Waals surface area contributed by atoms with E-state index in [1.54, 1.807) is 0 Å². The van der Waals surface area contributed by atoms with Crippen LogP contribution in [0.4, 0.5) is 13.2 Å². The fraction of sp³-hybridized carbons (Fsp3) is 0.615. The molecular weight excluding hydrogens is 321 g/mol. The molecule has 122 valence electrons. The van der Waals surface area contributed by atoms with E-state index in [2.05, 4.69) is 40.3 Å². The van der Waals surface area contributed by atoms with Crippen LogP contribution in [0.1, 0.15) is 19.3 Å². The average Bonchev–Trinajstić information content (AvgIpc) is 2.86. The second-order valence-corrected chi connectivity index (χ2v) is 7.22. The van der Waals surface area contributed by atoms with Crippen LogP contribution in [0.2, 0.25) is 0 Å². The maximum atomic E-state index is 10.7. The summed E-state index contributed by atoms with van der Waals surface area (Å²) in [6.07, 6.45) is 8.83. The van der Waals surface area contributed by atoms with Crippen LogP contribution in [0.25, 0.3) is 0 Å². The summed E-state index contributed by atoms with van der Waals surface area (Å²) in [4.78, 5) is 0. The Morgan fingerprint density at radius 1 is 1.05 bits per heavy atom. The van der Waals surface area contributed by atoms with E-state index in [0.29, 0.717) is 0 Å². The number of piperidine rings is 1. The van der Waals surface area contributed by atoms with Gasteiger partial charge >= 0.3 is 5.51 Å². The molecule has 1 aromatic heterocycles. The highest BCUT2D eigenvalue weighted by Gasteiger charge is 2.68. The number of hydrogen-bond donors (Lipinski definition) is 0. The monoisotopic (exact) mass is 336 g/mol. The summed E-state index contributed by atoms with van der Waals surface area (Å²) in [6.45, 7) is 0. The molecule has 0 spiro atoms. The smallest absolute Gasteiger partial charge is 0.485 e. The molecule has 2 aliphatic carbocycles. The van der Waals surface area contributed by atoms with Crippen LogP contribution in [0.3, 0.4) is 0 Å².